The summed E-state index contributed by atoms with van der Waals surface area (Å²) in [6.07, 6.45) is 0. The summed E-state index contributed by atoms with van der Waals surface area (Å²) in [6, 6.07) is 0. The SMILES string of the molecule is CC(C)[CH2][In]1[CH]=C(CBr)C(C(=O)O)=[CH]1. The molecule has 1 rings (SSSR count). The van der Waals surface area contributed by atoms with Crippen molar-refractivity contribution >= 4 is 43.3 Å². The van der Waals surface area contributed by atoms with Crippen molar-refractivity contribution in [1.82, 2.24) is 0 Å². The van der Waals surface area contributed by atoms with Gasteiger partial charge in [-0.3, -0.25) is 0 Å². The first kappa shape index (κ1) is 12.4. The van der Waals surface area contributed by atoms with Crippen LogP contribution >= 0.6 is 15.9 Å². The van der Waals surface area contributed by atoms with E-state index in [0.29, 0.717) is 16.8 Å². The van der Waals surface area contributed by atoms with E-state index in [-0.39, 0.29) is 0 Å². The predicted octanol–water partition coefficient (Wildman–Crippen LogP) is 2.56. The molecule has 1 N–H and O–H groups in total. The maximum absolute atomic E-state index is 10.9. The average Bonchev–Trinajstić information content (AvgIpc) is 2.46. The Morgan fingerprint density at radius 2 is 2.21 bits per heavy atom. The molecule has 0 aromatic carbocycles. The third kappa shape index (κ3) is 3.16. The third-order valence-electron chi connectivity index (χ3n) is 2.26. The monoisotopic (exact) mass is 360 g/mol. The van der Waals surface area contributed by atoms with Crippen LogP contribution in [0.4, 0.5) is 0 Å². The normalized spacial score (nSPS) is 15.9. The Hall–Kier alpha value is 0.300. The van der Waals surface area contributed by atoms with Gasteiger partial charge in [0.15, 0.2) is 0 Å². The fourth-order valence-electron chi connectivity index (χ4n) is 1.72. The summed E-state index contributed by atoms with van der Waals surface area (Å²) in [4.78, 5) is 10.9. The van der Waals surface area contributed by atoms with E-state index < -0.39 is 27.4 Å². The first-order valence-electron chi connectivity index (χ1n) is 4.76. The molecule has 1 heterocycles. The van der Waals surface area contributed by atoms with Crippen LogP contribution < -0.4 is 0 Å². The van der Waals surface area contributed by atoms with Crippen molar-refractivity contribution in [3.05, 3.63) is 18.8 Å². The summed E-state index contributed by atoms with van der Waals surface area (Å²) >= 11 is 1.58. The molecule has 0 saturated heterocycles. The molecule has 4 heteroatoms. The fraction of sp³-hybridized carbons (Fsp3) is 0.500. The van der Waals surface area contributed by atoms with Crippen LogP contribution in [0, 0.1) is 5.92 Å². The molecule has 0 radical (unpaired) electrons. The standard InChI is InChI=1S/C6H5BrO2.C4H9.In/c1-4(3-7)5(2)6(8)9;1-4(2)3;/h1-2H,3H2,(H,8,9);4H,1H2,2-3H3;. The van der Waals surface area contributed by atoms with Crippen molar-refractivity contribution in [2.24, 2.45) is 5.92 Å². The van der Waals surface area contributed by atoms with Crippen LogP contribution in [0.5, 0.6) is 0 Å². The topological polar surface area (TPSA) is 37.3 Å². The minimum atomic E-state index is -1.76. The Kier molecular flexibility index (Phi) is 4.77. The van der Waals surface area contributed by atoms with Gasteiger partial charge in [-0.2, -0.15) is 0 Å². The van der Waals surface area contributed by atoms with Crippen molar-refractivity contribution in [3.8, 4) is 0 Å². The summed E-state index contributed by atoms with van der Waals surface area (Å²) in [6.45, 7) is 4.40. The maximum atomic E-state index is 10.9. The summed E-state index contributed by atoms with van der Waals surface area (Å²) < 4.78 is 5.56. The van der Waals surface area contributed by atoms with Gasteiger partial charge < -0.3 is 0 Å². The zero-order valence-electron chi connectivity index (χ0n) is 8.46. The Labute approximate surface area is 101 Å². The molecule has 0 spiro atoms. The molecular formula is C10H14BrInO2. The first-order chi connectivity index (χ1) is 6.54. The zero-order chi connectivity index (χ0) is 10.7. The van der Waals surface area contributed by atoms with Crippen molar-refractivity contribution < 1.29 is 9.90 Å². The summed E-state index contributed by atoms with van der Waals surface area (Å²) in [7, 11) is 0. The Morgan fingerprint density at radius 3 is 2.57 bits per heavy atom. The van der Waals surface area contributed by atoms with Gasteiger partial charge in [0.05, 0.1) is 0 Å². The molecule has 0 unspecified atom stereocenters. The van der Waals surface area contributed by atoms with Gasteiger partial charge in [0.25, 0.3) is 0 Å². The second-order valence-corrected chi connectivity index (χ2v) is 11.6. The number of rotatable bonds is 4. The number of aliphatic carboxylic acids is 1. The van der Waals surface area contributed by atoms with E-state index in [4.69, 9.17) is 5.11 Å². The van der Waals surface area contributed by atoms with E-state index in [0.717, 1.165) is 5.57 Å². The molecular weight excluding hydrogens is 347 g/mol. The van der Waals surface area contributed by atoms with Crippen LogP contribution in [0.3, 0.4) is 0 Å². The molecule has 0 atom stereocenters. The zero-order valence-corrected chi connectivity index (χ0v) is 13.3. The van der Waals surface area contributed by atoms with Crippen LogP contribution in [0.1, 0.15) is 13.8 Å². The molecule has 2 nitrogen and oxygen atoms in total. The Bertz CT molecular complexity index is 294. The molecule has 14 heavy (non-hydrogen) atoms. The second-order valence-electron chi connectivity index (χ2n) is 4.00. The van der Waals surface area contributed by atoms with Gasteiger partial charge in [0, 0.05) is 0 Å². The van der Waals surface area contributed by atoms with Gasteiger partial charge in [0.2, 0.25) is 0 Å². The third-order valence-corrected chi connectivity index (χ3v) is 11.7. The van der Waals surface area contributed by atoms with E-state index in [1.807, 2.05) is 0 Å². The number of carboxylic acid groups (broad SMARTS) is 1. The molecule has 0 amide bonds. The molecule has 76 valence electrons. The minimum absolute atomic E-state index is 0.559. The van der Waals surface area contributed by atoms with Crippen LogP contribution in [-0.2, 0) is 4.79 Å². The van der Waals surface area contributed by atoms with Crippen molar-refractivity contribution in [1.29, 1.82) is 0 Å². The van der Waals surface area contributed by atoms with E-state index in [9.17, 15) is 4.79 Å². The van der Waals surface area contributed by atoms with Crippen molar-refractivity contribution in [2.75, 3.05) is 5.33 Å². The molecule has 0 aromatic rings. The van der Waals surface area contributed by atoms with Crippen molar-refractivity contribution in [3.63, 3.8) is 0 Å². The quantitative estimate of drug-likeness (QED) is 0.782. The van der Waals surface area contributed by atoms with E-state index in [1.165, 1.54) is 4.18 Å². The molecule has 0 saturated carbocycles. The van der Waals surface area contributed by atoms with Crippen LogP contribution in [-0.4, -0.2) is 37.8 Å². The average molecular weight is 361 g/mol. The number of hydrogen-bond acceptors (Lipinski definition) is 1. The summed E-state index contributed by atoms with van der Waals surface area (Å²) in [5.74, 6) is -0.0772. The molecule has 1 aliphatic rings. The van der Waals surface area contributed by atoms with Gasteiger partial charge in [-0.15, -0.1) is 0 Å². The molecule has 0 aromatic heterocycles. The van der Waals surface area contributed by atoms with E-state index in [2.05, 4.69) is 37.4 Å². The number of alkyl halides is 1. The number of carboxylic acids is 1. The molecule has 1 aliphatic heterocycles. The van der Waals surface area contributed by atoms with Gasteiger partial charge in [-0.05, 0) is 0 Å². The van der Waals surface area contributed by atoms with Gasteiger partial charge in [0.1, 0.15) is 0 Å². The van der Waals surface area contributed by atoms with Crippen LogP contribution in [0.2, 0.25) is 4.18 Å². The number of carbonyl (C=O) groups is 1. The second kappa shape index (κ2) is 5.40. The number of hydrogen-bond donors (Lipinski definition) is 1. The number of halogens is 1. The first-order valence-corrected chi connectivity index (χ1v) is 12.0. The van der Waals surface area contributed by atoms with Gasteiger partial charge >= 0.3 is 101 Å². The molecule has 0 aliphatic carbocycles. The fourth-order valence-corrected chi connectivity index (χ4v) is 11.9. The summed E-state index contributed by atoms with van der Waals surface area (Å²) in [5.41, 5.74) is 1.56. The van der Waals surface area contributed by atoms with Gasteiger partial charge in [-0.25, -0.2) is 0 Å². The van der Waals surface area contributed by atoms with Crippen LogP contribution in [0.25, 0.3) is 0 Å². The van der Waals surface area contributed by atoms with Gasteiger partial charge in [-0.1, -0.05) is 0 Å². The summed E-state index contributed by atoms with van der Waals surface area (Å²) in [5, 5.41) is 9.65. The molecule has 0 fully saturated rings. The molecule has 0 bridgehead atoms. The predicted molar refractivity (Wildman–Crippen MR) is 63.0 cm³/mol. The van der Waals surface area contributed by atoms with Crippen molar-refractivity contribution in [2.45, 2.75) is 18.0 Å². The Morgan fingerprint density at radius 1 is 1.57 bits per heavy atom. The van der Waals surface area contributed by atoms with Crippen LogP contribution in [0.15, 0.2) is 18.8 Å². The Balaban J connectivity index is 2.77. The van der Waals surface area contributed by atoms with E-state index >= 15 is 0 Å². The van der Waals surface area contributed by atoms with E-state index in [1.54, 1.807) is 0 Å².